The highest BCUT2D eigenvalue weighted by Gasteiger charge is 2.20. The Morgan fingerprint density at radius 2 is 2.04 bits per heavy atom. The van der Waals surface area contributed by atoms with E-state index in [-0.39, 0.29) is 18.3 Å². The largest absolute Gasteiger partial charge is 0.450 e. The number of furan rings is 1. The Balaban J connectivity index is 0.00000192. The maximum atomic E-state index is 12.4. The first-order valence-electron chi connectivity index (χ1n) is 8.06. The third-order valence-electron chi connectivity index (χ3n) is 4.69. The van der Waals surface area contributed by atoms with Crippen LogP contribution in [0.1, 0.15) is 40.1 Å². The first-order chi connectivity index (χ1) is 10.6. The number of hydrogen-bond donors (Lipinski definition) is 2. The molecule has 2 N–H and O–H groups in total. The summed E-state index contributed by atoms with van der Waals surface area (Å²) in [6, 6.07) is 4.12. The summed E-state index contributed by atoms with van der Waals surface area (Å²) in [5, 5.41) is 7.43. The van der Waals surface area contributed by atoms with Gasteiger partial charge in [0.25, 0.3) is 5.91 Å². The lowest BCUT2D eigenvalue weighted by molar-refractivity contribution is 0.0925. The molecule has 2 heterocycles. The van der Waals surface area contributed by atoms with Crippen molar-refractivity contribution in [2.24, 2.45) is 5.92 Å². The summed E-state index contributed by atoms with van der Waals surface area (Å²) in [7, 11) is 0. The molecule has 0 spiro atoms. The molecule has 126 valence electrons. The predicted octanol–water partition coefficient (Wildman–Crippen LogP) is 3.51. The zero-order valence-corrected chi connectivity index (χ0v) is 14.8. The van der Waals surface area contributed by atoms with Crippen molar-refractivity contribution in [3.63, 3.8) is 0 Å². The van der Waals surface area contributed by atoms with Crippen molar-refractivity contribution in [1.82, 2.24) is 10.6 Å². The van der Waals surface area contributed by atoms with E-state index in [0.717, 1.165) is 47.2 Å². The molecule has 1 aromatic heterocycles. The van der Waals surface area contributed by atoms with E-state index in [0.29, 0.717) is 18.2 Å². The molecule has 0 saturated carbocycles. The molecule has 0 bridgehead atoms. The summed E-state index contributed by atoms with van der Waals surface area (Å²) in [4.78, 5) is 12.4. The fourth-order valence-corrected chi connectivity index (χ4v) is 3.32. The summed E-state index contributed by atoms with van der Waals surface area (Å²) >= 11 is 0. The van der Waals surface area contributed by atoms with Crippen LogP contribution in [0.2, 0.25) is 0 Å². The van der Waals surface area contributed by atoms with Gasteiger partial charge >= 0.3 is 0 Å². The number of aryl methyl sites for hydroxylation is 3. The molecule has 1 aliphatic rings. The highest BCUT2D eigenvalue weighted by Crippen LogP contribution is 2.30. The molecule has 1 atom stereocenters. The fourth-order valence-electron chi connectivity index (χ4n) is 3.32. The third kappa shape index (κ3) is 3.54. The van der Waals surface area contributed by atoms with Gasteiger partial charge < -0.3 is 15.1 Å². The zero-order chi connectivity index (χ0) is 15.7. The Bertz CT molecular complexity index is 703. The van der Waals surface area contributed by atoms with Gasteiger partial charge in [0.05, 0.1) is 0 Å². The van der Waals surface area contributed by atoms with Gasteiger partial charge in [0.2, 0.25) is 0 Å². The Morgan fingerprint density at radius 3 is 2.70 bits per heavy atom. The molecular formula is C18H25ClN2O2. The van der Waals surface area contributed by atoms with Gasteiger partial charge in [0, 0.05) is 17.5 Å². The minimum atomic E-state index is -0.0987. The summed E-state index contributed by atoms with van der Waals surface area (Å²) in [6.45, 7) is 8.91. The molecule has 0 radical (unpaired) electrons. The smallest absolute Gasteiger partial charge is 0.287 e. The van der Waals surface area contributed by atoms with Gasteiger partial charge in [0.1, 0.15) is 5.58 Å². The van der Waals surface area contributed by atoms with Crippen LogP contribution in [-0.4, -0.2) is 25.5 Å². The van der Waals surface area contributed by atoms with Gasteiger partial charge in [-0.25, -0.2) is 0 Å². The number of halogens is 1. The van der Waals surface area contributed by atoms with Gasteiger partial charge in [-0.3, -0.25) is 4.79 Å². The number of nitrogens with one attached hydrogen (secondary N) is 2. The standard InChI is InChI=1S/C18H24N2O2.ClH/c1-11-4-5-12(2)16-15(11)13(3)17(22-16)18(21)20-9-7-14-6-8-19-10-14;/h4-5,14,19H,6-10H2,1-3H3,(H,20,21);1H. The van der Waals surface area contributed by atoms with E-state index in [1.807, 2.05) is 19.9 Å². The lowest BCUT2D eigenvalue weighted by atomic mass is 10.0. The van der Waals surface area contributed by atoms with Gasteiger partial charge in [-0.1, -0.05) is 12.1 Å². The van der Waals surface area contributed by atoms with Crippen molar-refractivity contribution in [1.29, 1.82) is 0 Å². The minimum absolute atomic E-state index is 0. The second kappa shape index (κ2) is 7.37. The van der Waals surface area contributed by atoms with E-state index < -0.39 is 0 Å². The summed E-state index contributed by atoms with van der Waals surface area (Å²) in [5.41, 5.74) is 4.00. The predicted molar refractivity (Wildman–Crippen MR) is 95.6 cm³/mol. The maximum absolute atomic E-state index is 12.4. The average Bonchev–Trinajstić information content (AvgIpc) is 3.11. The quantitative estimate of drug-likeness (QED) is 0.898. The number of carbonyl (C=O) groups is 1. The fraction of sp³-hybridized carbons (Fsp3) is 0.500. The molecule has 5 heteroatoms. The minimum Gasteiger partial charge on any atom is -0.450 e. The van der Waals surface area contributed by atoms with Crippen LogP contribution in [0.25, 0.3) is 11.0 Å². The van der Waals surface area contributed by atoms with E-state index >= 15 is 0 Å². The molecule has 1 fully saturated rings. The van der Waals surface area contributed by atoms with Crippen LogP contribution in [0, 0.1) is 26.7 Å². The molecule has 23 heavy (non-hydrogen) atoms. The van der Waals surface area contributed by atoms with Gasteiger partial charge in [-0.05, 0) is 63.7 Å². The number of amides is 1. The van der Waals surface area contributed by atoms with Gasteiger partial charge in [-0.2, -0.15) is 0 Å². The first kappa shape index (κ1) is 17.8. The molecule has 4 nitrogen and oxygen atoms in total. The van der Waals surface area contributed by atoms with Crippen LogP contribution in [0.15, 0.2) is 16.5 Å². The van der Waals surface area contributed by atoms with Crippen LogP contribution < -0.4 is 10.6 Å². The van der Waals surface area contributed by atoms with Crippen molar-refractivity contribution in [2.75, 3.05) is 19.6 Å². The highest BCUT2D eigenvalue weighted by molar-refractivity contribution is 6.00. The Morgan fingerprint density at radius 1 is 1.30 bits per heavy atom. The van der Waals surface area contributed by atoms with Crippen molar-refractivity contribution in [3.05, 3.63) is 34.6 Å². The molecule has 1 amide bonds. The molecule has 0 aliphatic carbocycles. The van der Waals surface area contributed by atoms with Crippen LogP contribution in [-0.2, 0) is 0 Å². The van der Waals surface area contributed by atoms with E-state index in [9.17, 15) is 4.79 Å². The SMILES string of the molecule is Cc1ccc(C)c2c(C)c(C(=O)NCCC3CCNC3)oc12.Cl. The molecule has 3 rings (SSSR count). The average molecular weight is 337 g/mol. The molecule has 2 aromatic rings. The Kier molecular flexibility index (Phi) is 5.71. The number of hydrogen-bond acceptors (Lipinski definition) is 3. The molecule has 1 saturated heterocycles. The van der Waals surface area contributed by atoms with Gasteiger partial charge in [-0.15, -0.1) is 12.4 Å². The normalized spacial score (nSPS) is 17.3. The monoisotopic (exact) mass is 336 g/mol. The molecule has 1 aliphatic heterocycles. The number of fused-ring (bicyclic) bond motifs is 1. The molecule has 1 unspecified atom stereocenters. The lowest BCUT2D eigenvalue weighted by Gasteiger charge is -2.08. The first-order valence-corrected chi connectivity index (χ1v) is 8.06. The maximum Gasteiger partial charge on any atom is 0.287 e. The van der Waals surface area contributed by atoms with Crippen LogP contribution in [0.5, 0.6) is 0 Å². The second-order valence-corrected chi connectivity index (χ2v) is 6.36. The van der Waals surface area contributed by atoms with Crippen LogP contribution in [0.3, 0.4) is 0 Å². The number of benzene rings is 1. The summed E-state index contributed by atoms with van der Waals surface area (Å²) in [6.07, 6.45) is 2.23. The van der Waals surface area contributed by atoms with Crippen molar-refractivity contribution < 1.29 is 9.21 Å². The van der Waals surface area contributed by atoms with E-state index in [1.165, 1.54) is 6.42 Å². The van der Waals surface area contributed by atoms with Crippen molar-refractivity contribution in [2.45, 2.75) is 33.6 Å². The topological polar surface area (TPSA) is 54.3 Å². The van der Waals surface area contributed by atoms with Crippen LogP contribution in [0.4, 0.5) is 0 Å². The highest BCUT2D eigenvalue weighted by atomic mass is 35.5. The van der Waals surface area contributed by atoms with Crippen molar-refractivity contribution in [3.8, 4) is 0 Å². The molecular weight excluding hydrogens is 312 g/mol. The summed E-state index contributed by atoms with van der Waals surface area (Å²) in [5.74, 6) is 1.04. The van der Waals surface area contributed by atoms with Crippen LogP contribution >= 0.6 is 12.4 Å². The third-order valence-corrected chi connectivity index (χ3v) is 4.69. The summed E-state index contributed by atoms with van der Waals surface area (Å²) < 4.78 is 5.87. The Hall–Kier alpha value is -1.52. The van der Waals surface area contributed by atoms with E-state index in [1.54, 1.807) is 0 Å². The number of rotatable bonds is 4. The number of carbonyl (C=O) groups excluding carboxylic acids is 1. The Labute approximate surface area is 143 Å². The van der Waals surface area contributed by atoms with E-state index in [2.05, 4.69) is 23.6 Å². The second-order valence-electron chi connectivity index (χ2n) is 6.36. The molecule has 1 aromatic carbocycles. The van der Waals surface area contributed by atoms with Crippen molar-refractivity contribution >= 4 is 29.3 Å². The van der Waals surface area contributed by atoms with E-state index in [4.69, 9.17) is 4.42 Å². The van der Waals surface area contributed by atoms with Gasteiger partial charge in [0.15, 0.2) is 5.76 Å². The lowest BCUT2D eigenvalue weighted by Crippen LogP contribution is -2.26. The zero-order valence-electron chi connectivity index (χ0n) is 14.0.